The molecule has 4 rings (SSSR count). The first-order chi connectivity index (χ1) is 13.8. The molecule has 152 valence electrons. The van der Waals surface area contributed by atoms with Crippen LogP contribution in [0.2, 0.25) is 0 Å². The Kier molecular flexibility index (Phi) is 5.02. The minimum atomic E-state index is -4.01. The highest BCUT2D eigenvalue weighted by Crippen LogP contribution is 2.38. The molecule has 0 saturated carbocycles. The third-order valence-electron chi connectivity index (χ3n) is 5.61. The molecule has 4 nitrogen and oxygen atoms in total. The lowest BCUT2D eigenvalue weighted by Crippen LogP contribution is -2.34. The molecule has 3 aromatic rings. The molecule has 1 fully saturated rings. The van der Waals surface area contributed by atoms with Crippen molar-refractivity contribution in [3.8, 4) is 0 Å². The highest BCUT2D eigenvalue weighted by molar-refractivity contribution is 7.91. The Hall–Kier alpha value is -2.54. The number of benzene rings is 2. The predicted octanol–water partition coefficient (Wildman–Crippen LogP) is 4.89. The van der Waals surface area contributed by atoms with Gasteiger partial charge in [0, 0.05) is 30.7 Å². The van der Waals surface area contributed by atoms with Gasteiger partial charge in [0.15, 0.2) is 0 Å². The van der Waals surface area contributed by atoms with Gasteiger partial charge in [-0.15, -0.1) is 0 Å². The summed E-state index contributed by atoms with van der Waals surface area (Å²) in [6.07, 6.45) is 3.13. The first kappa shape index (κ1) is 19.8. The van der Waals surface area contributed by atoms with Crippen LogP contribution < -0.4 is 4.90 Å². The van der Waals surface area contributed by atoms with Crippen molar-refractivity contribution in [3.63, 3.8) is 0 Å². The number of nitrogens with zero attached hydrogens (tertiary/aromatic N) is 2. The number of sulfone groups is 1. The number of halogens is 2. The van der Waals surface area contributed by atoms with Crippen LogP contribution in [0, 0.1) is 24.5 Å². The maximum absolute atomic E-state index is 14.1. The molecule has 7 heteroatoms. The monoisotopic (exact) mass is 416 g/mol. The maximum atomic E-state index is 14.1. The zero-order chi connectivity index (χ0) is 20.8. The van der Waals surface area contributed by atoms with Crippen molar-refractivity contribution in [1.29, 1.82) is 0 Å². The molecule has 0 bridgehead atoms. The lowest BCUT2D eigenvalue weighted by Gasteiger charge is -2.34. The van der Waals surface area contributed by atoms with E-state index < -0.39 is 21.5 Å². The van der Waals surface area contributed by atoms with E-state index in [2.05, 4.69) is 11.9 Å². The third-order valence-corrected chi connectivity index (χ3v) is 7.36. The summed E-state index contributed by atoms with van der Waals surface area (Å²) in [4.78, 5) is 6.14. The molecular formula is C22H22F2N2O2S. The molecular weight excluding hydrogens is 394 g/mol. The van der Waals surface area contributed by atoms with E-state index >= 15 is 0 Å². The van der Waals surface area contributed by atoms with Crippen molar-refractivity contribution in [2.45, 2.75) is 36.5 Å². The summed E-state index contributed by atoms with van der Waals surface area (Å²) in [6, 6.07) is 8.08. The van der Waals surface area contributed by atoms with Crippen molar-refractivity contribution >= 4 is 26.4 Å². The number of aryl methyl sites for hydroxylation is 1. The van der Waals surface area contributed by atoms with Crippen molar-refractivity contribution < 1.29 is 17.2 Å². The highest BCUT2D eigenvalue weighted by atomic mass is 32.2. The van der Waals surface area contributed by atoms with Crippen LogP contribution in [0.1, 0.15) is 25.3 Å². The minimum absolute atomic E-state index is 0.0226. The van der Waals surface area contributed by atoms with Gasteiger partial charge in [-0.05, 0) is 55.5 Å². The third kappa shape index (κ3) is 3.59. The SMILES string of the molecule is Cc1ccc(S(=O)(=O)c2cnc3cc(F)ccc3c2N2CCC(C)CC2)cc1F. The van der Waals surface area contributed by atoms with Crippen LogP contribution in [-0.4, -0.2) is 26.5 Å². The van der Waals surface area contributed by atoms with Crippen molar-refractivity contribution in [3.05, 3.63) is 59.8 Å². The molecule has 1 aromatic heterocycles. The van der Waals surface area contributed by atoms with Gasteiger partial charge in [-0.3, -0.25) is 4.98 Å². The van der Waals surface area contributed by atoms with E-state index in [-0.39, 0.29) is 9.79 Å². The van der Waals surface area contributed by atoms with E-state index in [1.54, 1.807) is 13.0 Å². The number of hydrogen-bond acceptors (Lipinski definition) is 4. The second kappa shape index (κ2) is 7.37. The number of aromatic nitrogens is 1. The van der Waals surface area contributed by atoms with Gasteiger partial charge in [0.05, 0.1) is 16.1 Å². The van der Waals surface area contributed by atoms with Gasteiger partial charge in [0.2, 0.25) is 9.84 Å². The molecule has 2 aromatic carbocycles. The maximum Gasteiger partial charge on any atom is 0.210 e. The van der Waals surface area contributed by atoms with Crippen LogP contribution in [0.4, 0.5) is 14.5 Å². The van der Waals surface area contributed by atoms with E-state index in [1.807, 2.05) is 4.90 Å². The van der Waals surface area contributed by atoms with Gasteiger partial charge in [-0.2, -0.15) is 0 Å². The van der Waals surface area contributed by atoms with Crippen LogP contribution in [0.5, 0.6) is 0 Å². The van der Waals surface area contributed by atoms with Gasteiger partial charge < -0.3 is 4.90 Å². The Labute approximate surface area is 169 Å². The van der Waals surface area contributed by atoms with Crippen molar-refractivity contribution in [2.24, 2.45) is 5.92 Å². The van der Waals surface area contributed by atoms with Crippen LogP contribution in [0.25, 0.3) is 10.9 Å². The quantitative estimate of drug-likeness (QED) is 0.610. The van der Waals surface area contributed by atoms with E-state index in [0.29, 0.717) is 41.2 Å². The van der Waals surface area contributed by atoms with Crippen molar-refractivity contribution in [2.75, 3.05) is 18.0 Å². The number of pyridine rings is 1. The Morgan fingerprint density at radius 1 is 1.07 bits per heavy atom. The average Bonchev–Trinajstić information content (AvgIpc) is 2.69. The first-order valence-electron chi connectivity index (χ1n) is 9.62. The Bertz CT molecular complexity index is 1190. The van der Waals surface area contributed by atoms with Crippen molar-refractivity contribution in [1.82, 2.24) is 4.98 Å². The Morgan fingerprint density at radius 3 is 2.48 bits per heavy atom. The number of fused-ring (bicyclic) bond motifs is 1. The van der Waals surface area contributed by atoms with Crippen LogP contribution in [-0.2, 0) is 9.84 Å². The van der Waals surface area contributed by atoms with Gasteiger partial charge in [0.25, 0.3) is 0 Å². The topological polar surface area (TPSA) is 50.3 Å². The lowest BCUT2D eigenvalue weighted by molar-refractivity contribution is 0.437. The molecule has 2 heterocycles. The molecule has 0 amide bonds. The van der Waals surface area contributed by atoms with Crippen LogP contribution in [0.15, 0.2) is 52.4 Å². The molecule has 0 aliphatic carbocycles. The predicted molar refractivity (Wildman–Crippen MR) is 109 cm³/mol. The highest BCUT2D eigenvalue weighted by Gasteiger charge is 2.29. The zero-order valence-corrected chi connectivity index (χ0v) is 17.1. The summed E-state index contributed by atoms with van der Waals surface area (Å²) >= 11 is 0. The molecule has 1 aliphatic rings. The second-order valence-electron chi connectivity index (χ2n) is 7.72. The number of piperidine rings is 1. The molecule has 0 spiro atoms. The summed E-state index contributed by atoms with van der Waals surface area (Å²) in [7, 11) is -4.01. The van der Waals surface area contributed by atoms with E-state index in [4.69, 9.17) is 0 Å². The molecule has 0 radical (unpaired) electrons. The Balaban J connectivity index is 1.94. The van der Waals surface area contributed by atoms with E-state index in [1.165, 1.54) is 30.5 Å². The molecule has 1 aliphatic heterocycles. The second-order valence-corrected chi connectivity index (χ2v) is 9.63. The summed E-state index contributed by atoms with van der Waals surface area (Å²) in [6.45, 7) is 5.15. The van der Waals surface area contributed by atoms with Crippen LogP contribution >= 0.6 is 0 Å². The summed E-state index contributed by atoms with van der Waals surface area (Å²) in [5.74, 6) is -0.447. The fourth-order valence-electron chi connectivity index (χ4n) is 3.76. The zero-order valence-electron chi connectivity index (χ0n) is 16.3. The fraction of sp³-hybridized carbons (Fsp3) is 0.318. The standard InChI is InChI=1S/C22H22F2N2O2S/c1-14-7-9-26(10-8-14)22-18-6-4-16(23)11-20(18)25-13-21(22)29(27,28)17-5-3-15(2)19(24)12-17/h3-6,11-14H,7-10H2,1-2H3. The molecule has 0 atom stereocenters. The Morgan fingerprint density at radius 2 is 1.79 bits per heavy atom. The summed E-state index contributed by atoms with van der Waals surface area (Å²) in [5.41, 5.74) is 1.29. The first-order valence-corrected chi connectivity index (χ1v) is 11.1. The molecule has 29 heavy (non-hydrogen) atoms. The summed E-state index contributed by atoms with van der Waals surface area (Å²) < 4.78 is 54.7. The largest absolute Gasteiger partial charge is 0.370 e. The average molecular weight is 416 g/mol. The number of hydrogen-bond donors (Lipinski definition) is 0. The minimum Gasteiger partial charge on any atom is -0.370 e. The molecule has 1 saturated heterocycles. The van der Waals surface area contributed by atoms with Gasteiger partial charge in [-0.25, -0.2) is 17.2 Å². The van der Waals surface area contributed by atoms with Gasteiger partial charge in [0.1, 0.15) is 16.5 Å². The molecule has 0 N–H and O–H groups in total. The number of anilines is 1. The normalized spacial score (nSPS) is 15.8. The van der Waals surface area contributed by atoms with Gasteiger partial charge >= 0.3 is 0 Å². The smallest absolute Gasteiger partial charge is 0.210 e. The van der Waals surface area contributed by atoms with E-state index in [0.717, 1.165) is 18.9 Å². The summed E-state index contributed by atoms with van der Waals surface area (Å²) in [5, 5.41) is 0.578. The van der Waals surface area contributed by atoms with Gasteiger partial charge in [-0.1, -0.05) is 13.0 Å². The fourth-order valence-corrected chi connectivity index (χ4v) is 5.20. The number of rotatable bonds is 3. The van der Waals surface area contributed by atoms with E-state index in [9.17, 15) is 17.2 Å². The lowest BCUT2D eigenvalue weighted by atomic mass is 9.98. The van der Waals surface area contributed by atoms with Crippen LogP contribution in [0.3, 0.4) is 0 Å². The molecule has 0 unspecified atom stereocenters.